The van der Waals surface area contributed by atoms with Gasteiger partial charge >= 0.3 is 0 Å². The third-order valence-corrected chi connectivity index (χ3v) is 3.81. The van der Waals surface area contributed by atoms with Crippen molar-refractivity contribution in [3.63, 3.8) is 0 Å². The lowest BCUT2D eigenvalue weighted by molar-refractivity contribution is 0.651. The molecule has 0 spiro atoms. The number of nitrogens with two attached hydrogens (primary N) is 1. The summed E-state index contributed by atoms with van der Waals surface area (Å²) in [7, 11) is 0. The number of nitrogen functional groups attached to an aromatic ring is 1. The van der Waals surface area contributed by atoms with Gasteiger partial charge in [0.05, 0.1) is 5.69 Å². The number of thiazole rings is 1. The van der Waals surface area contributed by atoms with E-state index in [4.69, 9.17) is 5.73 Å². The molecule has 2 N–H and O–H groups in total. The molecule has 1 aliphatic rings. The molecule has 0 saturated heterocycles. The molecule has 3 heteroatoms. The summed E-state index contributed by atoms with van der Waals surface area (Å²) in [5.74, 6) is 0.669. The number of anilines is 1. The van der Waals surface area contributed by atoms with Crippen LogP contribution in [-0.2, 0) is 6.42 Å². The molecule has 0 fully saturated rings. The molecule has 1 heterocycles. The van der Waals surface area contributed by atoms with Crippen LogP contribution in [-0.4, -0.2) is 4.98 Å². The van der Waals surface area contributed by atoms with E-state index in [-0.39, 0.29) is 0 Å². The molecule has 0 amide bonds. The molecule has 1 aromatic rings. The van der Waals surface area contributed by atoms with Gasteiger partial charge in [-0.2, -0.15) is 0 Å². The molecule has 16 heavy (non-hydrogen) atoms. The summed E-state index contributed by atoms with van der Waals surface area (Å²) in [6.07, 6.45) is 8.44. The van der Waals surface area contributed by atoms with Gasteiger partial charge in [0.15, 0.2) is 5.13 Å². The van der Waals surface area contributed by atoms with E-state index < -0.39 is 0 Å². The van der Waals surface area contributed by atoms with Crippen molar-refractivity contribution in [1.82, 2.24) is 4.98 Å². The molecule has 0 aliphatic heterocycles. The molecule has 1 aromatic heterocycles. The second-order valence-electron chi connectivity index (χ2n) is 4.90. The van der Waals surface area contributed by atoms with E-state index in [0.717, 1.165) is 11.6 Å². The largest absolute Gasteiger partial charge is 0.375 e. The summed E-state index contributed by atoms with van der Waals surface area (Å²) in [6, 6.07) is 0. The van der Waals surface area contributed by atoms with Crippen molar-refractivity contribution in [2.45, 2.75) is 46.0 Å². The van der Waals surface area contributed by atoms with Gasteiger partial charge in [0.25, 0.3) is 0 Å². The zero-order valence-corrected chi connectivity index (χ0v) is 10.9. The first-order chi connectivity index (χ1) is 7.66. The van der Waals surface area contributed by atoms with Gasteiger partial charge in [-0.25, -0.2) is 4.98 Å². The molecular weight excluding hydrogens is 216 g/mol. The number of hydrogen-bond acceptors (Lipinski definition) is 3. The fraction of sp³-hybridized carbons (Fsp3) is 0.615. The Hall–Kier alpha value is -0.830. The highest BCUT2D eigenvalue weighted by atomic mass is 32.1. The van der Waals surface area contributed by atoms with Gasteiger partial charge in [0, 0.05) is 4.88 Å². The van der Waals surface area contributed by atoms with E-state index in [1.54, 1.807) is 11.3 Å². The third-order valence-electron chi connectivity index (χ3n) is 2.90. The van der Waals surface area contributed by atoms with Gasteiger partial charge in [0.1, 0.15) is 0 Å². The Labute approximate surface area is 102 Å². The SMILES string of the molecule is CC(C)Cc1sc(N)nc1C1=CCCCC1. The minimum Gasteiger partial charge on any atom is -0.375 e. The van der Waals surface area contributed by atoms with Gasteiger partial charge in [-0.3, -0.25) is 0 Å². The first kappa shape index (κ1) is 11.6. The van der Waals surface area contributed by atoms with Crippen molar-refractivity contribution in [3.8, 4) is 0 Å². The topological polar surface area (TPSA) is 38.9 Å². The fourth-order valence-corrected chi connectivity index (χ4v) is 3.26. The standard InChI is InChI=1S/C13H20N2S/c1-9(2)8-11-12(15-13(14)16-11)10-6-4-3-5-7-10/h6,9H,3-5,7-8H2,1-2H3,(H2,14,15). The van der Waals surface area contributed by atoms with E-state index in [1.807, 2.05) is 0 Å². The van der Waals surface area contributed by atoms with Crippen LogP contribution in [0.1, 0.15) is 50.1 Å². The average molecular weight is 236 g/mol. The van der Waals surface area contributed by atoms with Crippen molar-refractivity contribution >= 4 is 22.0 Å². The number of hydrogen-bond donors (Lipinski definition) is 1. The minimum absolute atomic E-state index is 0.669. The summed E-state index contributed by atoms with van der Waals surface area (Å²) >= 11 is 1.66. The Kier molecular flexibility index (Phi) is 3.64. The molecule has 2 rings (SSSR count). The van der Waals surface area contributed by atoms with Gasteiger partial charge in [0.2, 0.25) is 0 Å². The lowest BCUT2D eigenvalue weighted by atomic mass is 9.95. The van der Waals surface area contributed by atoms with Crippen molar-refractivity contribution in [1.29, 1.82) is 0 Å². The monoisotopic (exact) mass is 236 g/mol. The maximum absolute atomic E-state index is 5.84. The predicted octanol–water partition coefficient (Wildman–Crippen LogP) is 3.88. The highest BCUT2D eigenvalue weighted by Crippen LogP contribution is 2.33. The van der Waals surface area contributed by atoms with Gasteiger partial charge in [-0.1, -0.05) is 19.9 Å². The van der Waals surface area contributed by atoms with Crippen LogP contribution in [0.25, 0.3) is 5.57 Å². The minimum atomic E-state index is 0.669. The van der Waals surface area contributed by atoms with Gasteiger partial charge < -0.3 is 5.73 Å². The molecule has 88 valence electrons. The Balaban J connectivity index is 2.28. The highest BCUT2D eigenvalue weighted by molar-refractivity contribution is 7.15. The number of rotatable bonds is 3. The van der Waals surface area contributed by atoms with Crippen molar-refractivity contribution in [2.24, 2.45) is 5.92 Å². The summed E-state index contributed by atoms with van der Waals surface area (Å²) < 4.78 is 0. The molecule has 0 atom stereocenters. The molecule has 1 aliphatic carbocycles. The van der Waals surface area contributed by atoms with Crippen LogP contribution in [0, 0.1) is 5.92 Å². The van der Waals surface area contributed by atoms with Crippen LogP contribution in [0.15, 0.2) is 6.08 Å². The van der Waals surface area contributed by atoms with Crippen LogP contribution in [0.5, 0.6) is 0 Å². The van der Waals surface area contributed by atoms with Gasteiger partial charge in [-0.05, 0) is 43.6 Å². The van der Waals surface area contributed by atoms with E-state index in [9.17, 15) is 0 Å². The molecule has 0 radical (unpaired) electrons. The maximum atomic E-state index is 5.84. The van der Waals surface area contributed by atoms with E-state index in [0.29, 0.717) is 5.92 Å². The predicted molar refractivity (Wildman–Crippen MR) is 71.5 cm³/mol. The summed E-state index contributed by atoms with van der Waals surface area (Å²) in [5.41, 5.74) is 8.46. The van der Waals surface area contributed by atoms with Crippen molar-refractivity contribution < 1.29 is 0 Å². The lowest BCUT2D eigenvalue weighted by Gasteiger charge is -2.12. The summed E-state index contributed by atoms with van der Waals surface area (Å²) in [6.45, 7) is 4.49. The van der Waals surface area contributed by atoms with E-state index in [2.05, 4.69) is 24.9 Å². The first-order valence-electron chi connectivity index (χ1n) is 6.11. The van der Waals surface area contributed by atoms with Crippen molar-refractivity contribution in [2.75, 3.05) is 5.73 Å². The molecule has 0 unspecified atom stereocenters. The third kappa shape index (κ3) is 2.64. The second-order valence-corrected chi connectivity index (χ2v) is 6.01. The smallest absolute Gasteiger partial charge is 0.180 e. The molecular formula is C13H20N2S. The van der Waals surface area contributed by atoms with Crippen LogP contribution >= 0.6 is 11.3 Å². The molecule has 0 aromatic carbocycles. The molecule has 2 nitrogen and oxygen atoms in total. The number of nitrogens with zero attached hydrogens (tertiary/aromatic N) is 1. The maximum Gasteiger partial charge on any atom is 0.180 e. The Morgan fingerprint density at radius 2 is 2.25 bits per heavy atom. The number of allylic oxidation sites excluding steroid dienone is 2. The Bertz CT molecular complexity index is 391. The second kappa shape index (κ2) is 5.00. The summed E-state index contributed by atoms with van der Waals surface area (Å²) in [5, 5.41) is 0.720. The Morgan fingerprint density at radius 3 is 2.88 bits per heavy atom. The van der Waals surface area contributed by atoms with Crippen LogP contribution in [0.2, 0.25) is 0 Å². The van der Waals surface area contributed by atoms with Crippen LogP contribution < -0.4 is 5.73 Å². The Morgan fingerprint density at radius 1 is 1.44 bits per heavy atom. The first-order valence-corrected chi connectivity index (χ1v) is 6.93. The lowest BCUT2D eigenvalue weighted by Crippen LogP contribution is -1.99. The van der Waals surface area contributed by atoms with Crippen LogP contribution in [0.4, 0.5) is 5.13 Å². The average Bonchev–Trinajstić information content (AvgIpc) is 2.60. The van der Waals surface area contributed by atoms with Crippen LogP contribution in [0.3, 0.4) is 0 Å². The summed E-state index contributed by atoms with van der Waals surface area (Å²) in [4.78, 5) is 5.89. The molecule has 0 saturated carbocycles. The van der Waals surface area contributed by atoms with Gasteiger partial charge in [-0.15, -0.1) is 11.3 Å². The highest BCUT2D eigenvalue weighted by Gasteiger charge is 2.16. The fourth-order valence-electron chi connectivity index (χ4n) is 2.18. The number of aromatic nitrogens is 1. The normalized spacial score (nSPS) is 16.6. The zero-order valence-electron chi connectivity index (χ0n) is 10.1. The molecule has 0 bridgehead atoms. The quantitative estimate of drug-likeness (QED) is 0.865. The van der Waals surface area contributed by atoms with Crippen molar-refractivity contribution in [3.05, 3.63) is 16.6 Å². The van der Waals surface area contributed by atoms with E-state index in [1.165, 1.54) is 41.8 Å². The zero-order chi connectivity index (χ0) is 11.5. The van der Waals surface area contributed by atoms with E-state index >= 15 is 0 Å².